The lowest BCUT2D eigenvalue weighted by molar-refractivity contribution is -0.121. The molecular weight excluding hydrogens is 316 g/mol. The lowest BCUT2D eigenvalue weighted by Crippen LogP contribution is -2.29. The Bertz CT molecular complexity index is 533. The van der Waals surface area contributed by atoms with E-state index >= 15 is 0 Å². The van der Waals surface area contributed by atoms with Crippen LogP contribution >= 0.6 is 12.4 Å². The summed E-state index contributed by atoms with van der Waals surface area (Å²) in [5.74, 6) is 1.65. The van der Waals surface area contributed by atoms with Crippen molar-refractivity contribution in [3.05, 3.63) is 23.8 Å². The van der Waals surface area contributed by atoms with E-state index in [4.69, 9.17) is 9.47 Å². The number of carbonyl (C=O) groups excluding carboxylic acids is 1. The Hall–Kier alpha value is -1.46. The van der Waals surface area contributed by atoms with Crippen LogP contribution in [0.2, 0.25) is 0 Å². The van der Waals surface area contributed by atoms with Gasteiger partial charge in [0.1, 0.15) is 13.2 Å². The van der Waals surface area contributed by atoms with E-state index in [-0.39, 0.29) is 24.4 Å². The van der Waals surface area contributed by atoms with Gasteiger partial charge in [-0.2, -0.15) is 0 Å². The molecular formula is C17H25ClN2O3. The van der Waals surface area contributed by atoms with Crippen molar-refractivity contribution in [1.29, 1.82) is 0 Å². The fourth-order valence-corrected chi connectivity index (χ4v) is 3.03. The number of hydrogen-bond donors (Lipinski definition) is 2. The number of nitrogens with one attached hydrogen (secondary N) is 2. The van der Waals surface area contributed by atoms with Gasteiger partial charge < -0.3 is 20.1 Å². The quantitative estimate of drug-likeness (QED) is 0.865. The number of benzene rings is 1. The van der Waals surface area contributed by atoms with Gasteiger partial charge >= 0.3 is 0 Å². The van der Waals surface area contributed by atoms with E-state index in [1.807, 2.05) is 25.1 Å². The highest BCUT2D eigenvalue weighted by molar-refractivity contribution is 5.85. The third-order valence-electron chi connectivity index (χ3n) is 4.33. The van der Waals surface area contributed by atoms with E-state index < -0.39 is 0 Å². The maximum Gasteiger partial charge on any atom is 0.220 e. The van der Waals surface area contributed by atoms with Crippen molar-refractivity contribution in [3.63, 3.8) is 0 Å². The second-order valence-corrected chi connectivity index (χ2v) is 6.02. The molecule has 0 spiro atoms. The Morgan fingerprint density at radius 3 is 2.87 bits per heavy atom. The van der Waals surface area contributed by atoms with Gasteiger partial charge in [0.15, 0.2) is 11.5 Å². The highest BCUT2D eigenvalue weighted by Gasteiger charge is 2.18. The largest absolute Gasteiger partial charge is 0.486 e. The van der Waals surface area contributed by atoms with Gasteiger partial charge in [-0.25, -0.2) is 0 Å². The average Bonchev–Trinajstić information content (AvgIpc) is 3.06. The van der Waals surface area contributed by atoms with Crippen LogP contribution in [-0.2, 0) is 4.79 Å². The minimum atomic E-state index is -0.0279. The fourth-order valence-electron chi connectivity index (χ4n) is 3.03. The zero-order valence-electron chi connectivity index (χ0n) is 13.5. The van der Waals surface area contributed by atoms with Gasteiger partial charge in [0, 0.05) is 12.5 Å². The van der Waals surface area contributed by atoms with E-state index in [1.54, 1.807) is 0 Å². The molecule has 128 valence electrons. The Morgan fingerprint density at radius 1 is 1.35 bits per heavy atom. The van der Waals surface area contributed by atoms with Crippen LogP contribution in [0, 0.1) is 0 Å². The minimum absolute atomic E-state index is 0. The molecule has 1 fully saturated rings. The number of halogens is 1. The first-order chi connectivity index (χ1) is 10.7. The molecule has 1 aromatic rings. The molecule has 2 unspecified atom stereocenters. The molecule has 2 aliphatic rings. The highest BCUT2D eigenvalue weighted by Crippen LogP contribution is 2.32. The van der Waals surface area contributed by atoms with E-state index in [0.717, 1.165) is 30.0 Å². The van der Waals surface area contributed by atoms with Crippen LogP contribution in [0.5, 0.6) is 11.5 Å². The zero-order valence-corrected chi connectivity index (χ0v) is 14.3. The van der Waals surface area contributed by atoms with Gasteiger partial charge in [-0.1, -0.05) is 6.07 Å². The van der Waals surface area contributed by atoms with Crippen molar-refractivity contribution in [3.8, 4) is 11.5 Å². The molecule has 0 bridgehead atoms. The number of hydrogen-bond acceptors (Lipinski definition) is 4. The third-order valence-corrected chi connectivity index (χ3v) is 4.33. The number of amides is 1. The van der Waals surface area contributed by atoms with Crippen molar-refractivity contribution < 1.29 is 14.3 Å². The molecule has 0 radical (unpaired) electrons. The normalized spacial score (nSPS) is 20.5. The average molecular weight is 341 g/mol. The number of rotatable bonds is 5. The summed E-state index contributed by atoms with van der Waals surface area (Å²) >= 11 is 0. The molecule has 2 atom stereocenters. The van der Waals surface area contributed by atoms with Gasteiger partial charge in [-0.05, 0) is 50.4 Å². The summed E-state index contributed by atoms with van der Waals surface area (Å²) in [6.45, 7) is 4.25. The molecule has 0 saturated carbocycles. The summed E-state index contributed by atoms with van der Waals surface area (Å²) in [7, 11) is 0. The number of carbonyl (C=O) groups is 1. The van der Waals surface area contributed by atoms with Crippen LogP contribution in [0.25, 0.3) is 0 Å². The smallest absolute Gasteiger partial charge is 0.220 e. The summed E-state index contributed by atoms with van der Waals surface area (Å²) in [4.78, 5) is 12.1. The molecule has 1 aromatic carbocycles. The summed E-state index contributed by atoms with van der Waals surface area (Å²) < 4.78 is 11.1. The molecule has 3 rings (SSSR count). The van der Waals surface area contributed by atoms with Gasteiger partial charge in [0.25, 0.3) is 0 Å². The minimum Gasteiger partial charge on any atom is -0.486 e. The van der Waals surface area contributed by atoms with Crippen molar-refractivity contribution in [2.45, 2.75) is 44.7 Å². The first-order valence-corrected chi connectivity index (χ1v) is 8.14. The van der Waals surface area contributed by atoms with E-state index in [1.165, 1.54) is 12.8 Å². The van der Waals surface area contributed by atoms with E-state index in [9.17, 15) is 4.79 Å². The van der Waals surface area contributed by atoms with Crippen LogP contribution in [0.15, 0.2) is 18.2 Å². The molecule has 1 saturated heterocycles. The molecule has 0 aliphatic carbocycles. The van der Waals surface area contributed by atoms with Gasteiger partial charge in [-0.3, -0.25) is 4.79 Å². The second-order valence-electron chi connectivity index (χ2n) is 6.02. The third kappa shape index (κ3) is 4.75. The van der Waals surface area contributed by atoms with Gasteiger partial charge in [-0.15, -0.1) is 12.4 Å². The maximum atomic E-state index is 12.1. The number of fused-ring (bicyclic) bond motifs is 1. The van der Waals surface area contributed by atoms with Gasteiger partial charge in [0.2, 0.25) is 5.91 Å². The zero-order chi connectivity index (χ0) is 15.4. The summed E-state index contributed by atoms with van der Waals surface area (Å²) in [6.07, 6.45) is 3.90. The SMILES string of the molecule is CC(NC(=O)CCC1CCCN1)c1ccc2c(c1)OCCO2.Cl. The Kier molecular flexibility index (Phi) is 6.54. The molecule has 1 amide bonds. The topological polar surface area (TPSA) is 59.6 Å². The molecule has 6 heteroatoms. The first kappa shape index (κ1) is 17.9. The van der Waals surface area contributed by atoms with Crippen molar-refractivity contribution in [2.75, 3.05) is 19.8 Å². The van der Waals surface area contributed by atoms with Crippen LogP contribution < -0.4 is 20.1 Å². The molecule has 0 aromatic heterocycles. The molecule has 2 aliphatic heterocycles. The lowest BCUT2D eigenvalue weighted by atomic mass is 10.1. The maximum absolute atomic E-state index is 12.1. The predicted octanol–water partition coefficient (Wildman–Crippen LogP) is 2.59. The van der Waals surface area contributed by atoms with Crippen LogP contribution in [0.3, 0.4) is 0 Å². The lowest BCUT2D eigenvalue weighted by Gasteiger charge is -2.21. The standard InChI is InChI=1S/C17H24N2O3.ClH/c1-12(19-17(20)7-5-14-3-2-8-18-14)13-4-6-15-16(11-13)22-10-9-21-15;/h4,6,11-12,14,18H,2-3,5,7-10H2,1H3,(H,19,20);1H. The second kappa shape index (κ2) is 8.41. The Balaban J connectivity index is 0.00000192. The van der Waals surface area contributed by atoms with Crippen molar-refractivity contribution in [2.24, 2.45) is 0 Å². The van der Waals surface area contributed by atoms with Crippen LogP contribution in [-0.4, -0.2) is 31.7 Å². The highest BCUT2D eigenvalue weighted by atomic mass is 35.5. The molecule has 2 heterocycles. The van der Waals surface area contributed by atoms with Crippen LogP contribution in [0.4, 0.5) is 0 Å². The monoisotopic (exact) mass is 340 g/mol. The fraction of sp³-hybridized carbons (Fsp3) is 0.588. The van der Waals surface area contributed by atoms with Crippen molar-refractivity contribution >= 4 is 18.3 Å². The van der Waals surface area contributed by atoms with Crippen molar-refractivity contribution in [1.82, 2.24) is 10.6 Å². The Labute approximate surface area is 143 Å². The van der Waals surface area contributed by atoms with E-state index in [0.29, 0.717) is 25.7 Å². The summed E-state index contributed by atoms with van der Waals surface area (Å²) in [5, 5.41) is 6.48. The van der Waals surface area contributed by atoms with Gasteiger partial charge in [0.05, 0.1) is 6.04 Å². The molecule has 2 N–H and O–H groups in total. The summed E-state index contributed by atoms with van der Waals surface area (Å²) in [6, 6.07) is 6.33. The first-order valence-electron chi connectivity index (χ1n) is 8.14. The molecule has 5 nitrogen and oxygen atoms in total. The number of ether oxygens (including phenoxy) is 2. The van der Waals surface area contributed by atoms with Crippen LogP contribution in [0.1, 0.15) is 44.2 Å². The predicted molar refractivity (Wildman–Crippen MR) is 91.5 cm³/mol. The Morgan fingerprint density at radius 2 is 2.13 bits per heavy atom. The molecule has 23 heavy (non-hydrogen) atoms. The summed E-state index contributed by atoms with van der Waals surface area (Å²) in [5.41, 5.74) is 1.04. The van der Waals surface area contributed by atoms with E-state index in [2.05, 4.69) is 10.6 Å².